The van der Waals surface area contributed by atoms with Gasteiger partial charge in [0.05, 0.1) is 18.3 Å². The van der Waals surface area contributed by atoms with E-state index in [0.29, 0.717) is 18.7 Å². The second-order valence-corrected chi connectivity index (χ2v) is 8.05. The van der Waals surface area contributed by atoms with E-state index in [1.807, 2.05) is 72.5 Å². The smallest absolute Gasteiger partial charge is 0.255 e. The number of carbonyl (C=O) groups is 2. The minimum atomic E-state index is -0.224. The fourth-order valence-corrected chi connectivity index (χ4v) is 4.56. The molecule has 4 aromatic rings. The molecule has 3 heterocycles. The van der Waals surface area contributed by atoms with E-state index in [1.165, 1.54) is 0 Å². The summed E-state index contributed by atoms with van der Waals surface area (Å²) in [4.78, 5) is 35.4. The predicted octanol–water partition coefficient (Wildman–Crippen LogP) is 4.12. The Balaban J connectivity index is 1.41. The van der Waals surface area contributed by atoms with Gasteiger partial charge in [-0.25, -0.2) is 0 Å². The third kappa shape index (κ3) is 3.54. The fourth-order valence-electron chi connectivity index (χ4n) is 4.56. The highest BCUT2D eigenvalue weighted by atomic mass is 16.2. The number of fused-ring (bicyclic) bond motifs is 2. The van der Waals surface area contributed by atoms with E-state index < -0.39 is 0 Å². The number of aryl methyl sites for hydroxylation is 1. The van der Waals surface area contributed by atoms with Crippen LogP contribution in [0.25, 0.3) is 10.9 Å². The van der Waals surface area contributed by atoms with E-state index in [9.17, 15) is 9.59 Å². The molecule has 0 radical (unpaired) electrons. The Morgan fingerprint density at radius 1 is 1.06 bits per heavy atom. The SMILES string of the molecule is Cc1[nH]c2ccccc2c1[C@H]1c2ccccc2C(=O)N1CCC(=O)NCc1ccccn1. The van der Waals surface area contributed by atoms with Gasteiger partial charge in [-0.1, -0.05) is 42.5 Å². The number of aromatic nitrogens is 2. The van der Waals surface area contributed by atoms with Crippen LogP contribution in [0.2, 0.25) is 0 Å². The van der Waals surface area contributed by atoms with E-state index in [0.717, 1.165) is 33.4 Å². The molecule has 0 unspecified atom stereocenters. The van der Waals surface area contributed by atoms with Crippen LogP contribution in [0.15, 0.2) is 72.9 Å². The zero-order valence-corrected chi connectivity index (χ0v) is 17.8. The number of para-hydroxylation sites is 1. The number of pyridine rings is 1. The van der Waals surface area contributed by atoms with Crippen molar-refractivity contribution in [3.05, 3.63) is 101 Å². The second-order valence-electron chi connectivity index (χ2n) is 8.05. The molecular weight excluding hydrogens is 400 g/mol. The maximum Gasteiger partial charge on any atom is 0.255 e. The summed E-state index contributed by atoms with van der Waals surface area (Å²) < 4.78 is 0. The van der Waals surface area contributed by atoms with Crippen LogP contribution >= 0.6 is 0 Å². The van der Waals surface area contributed by atoms with Crippen LogP contribution in [0.1, 0.15) is 45.3 Å². The van der Waals surface area contributed by atoms with E-state index in [4.69, 9.17) is 0 Å². The quantitative estimate of drug-likeness (QED) is 0.489. The number of rotatable bonds is 6. The van der Waals surface area contributed by atoms with Crippen molar-refractivity contribution in [2.24, 2.45) is 0 Å². The lowest BCUT2D eigenvalue weighted by atomic mass is 9.95. The molecule has 0 saturated heterocycles. The van der Waals surface area contributed by atoms with Crippen molar-refractivity contribution in [3.63, 3.8) is 0 Å². The highest BCUT2D eigenvalue weighted by Gasteiger charge is 2.39. The Kier molecular flexibility index (Phi) is 5.19. The van der Waals surface area contributed by atoms with E-state index in [2.05, 4.69) is 21.4 Å². The van der Waals surface area contributed by atoms with Crippen molar-refractivity contribution in [1.29, 1.82) is 0 Å². The number of amides is 2. The van der Waals surface area contributed by atoms with Crippen LogP contribution in [-0.4, -0.2) is 33.2 Å². The lowest BCUT2D eigenvalue weighted by Gasteiger charge is -2.26. The lowest BCUT2D eigenvalue weighted by molar-refractivity contribution is -0.121. The largest absolute Gasteiger partial charge is 0.358 e. The first-order chi connectivity index (χ1) is 15.6. The Morgan fingerprint density at radius 3 is 2.69 bits per heavy atom. The van der Waals surface area contributed by atoms with Gasteiger partial charge in [-0.05, 0) is 36.8 Å². The van der Waals surface area contributed by atoms with Crippen LogP contribution in [0.5, 0.6) is 0 Å². The van der Waals surface area contributed by atoms with Crippen LogP contribution in [-0.2, 0) is 11.3 Å². The molecule has 0 saturated carbocycles. The summed E-state index contributed by atoms with van der Waals surface area (Å²) in [6, 6.07) is 21.3. The molecule has 0 spiro atoms. The third-order valence-electron chi connectivity index (χ3n) is 6.05. The molecular formula is C26H24N4O2. The molecule has 1 atom stereocenters. The van der Waals surface area contributed by atoms with Gasteiger partial charge in [0.1, 0.15) is 0 Å². The molecule has 0 bridgehead atoms. The van der Waals surface area contributed by atoms with Gasteiger partial charge in [0, 0.05) is 46.9 Å². The molecule has 2 N–H and O–H groups in total. The van der Waals surface area contributed by atoms with Gasteiger partial charge >= 0.3 is 0 Å². The molecule has 1 aliphatic rings. The third-order valence-corrected chi connectivity index (χ3v) is 6.05. The van der Waals surface area contributed by atoms with E-state index in [-0.39, 0.29) is 24.3 Å². The van der Waals surface area contributed by atoms with Crippen molar-refractivity contribution >= 4 is 22.7 Å². The number of nitrogens with one attached hydrogen (secondary N) is 2. The first-order valence-corrected chi connectivity index (χ1v) is 10.8. The zero-order valence-electron chi connectivity index (χ0n) is 17.8. The summed E-state index contributed by atoms with van der Waals surface area (Å²) in [6.07, 6.45) is 1.93. The van der Waals surface area contributed by atoms with Gasteiger partial charge in [-0.3, -0.25) is 14.6 Å². The number of H-pyrrole nitrogens is 1. The van der Waals surface area contributed by atoms with Crippen molar-refractivity contribution in [3.8, 4) is 0 Å². The first kappa shape index (κ1) is 20.0. The maximum atomic E-state index is 13.3. The van der Waals surface area contributed by atoms with Gasteiger partial charge in [0.25, 0.3) is 5.91 Å². The normalized spacial score (nSPS) is 15.2. The Morgan fingerprint density at radius 2 is 1.84 bits per heavy atom. The highest BCUT2D eigenvalue weighted by molar-refractivity contribution is 6.01. The molecule has 2 aromatic heterocycles. The van der Waals surface area contributed by atoms with Gasteiger partial charge in [-0.15, -0.1) is 0 Å². The minimum Gasteiger partial charge on any atom is -0.358 e. The van der Waals surface area contributed by atoms with Crippen molar-refractivity contribution in [2.45, 2.75) is 25.9 Å². The zero-order chi connectivity index (χ0) is 22.1. The van der Waals surface area contributed by atoms with Gasteiger partial charge in [-0.2, -0.15) is 0 Å². The van der Waals surface area contributed by atoms with Crippen LogP contribution in [0.3, 0.4) is 0 Å². The Hall–Kier alpha value is -3.93. The van der Waals surface area contributed by atoms with E-state index >= 15 is 0 Å². The molecule has 5 rings (SSSR count). The Labute approximate surface area is 186 Å². The van der Waals surface area contributed by atoms with Crippen LogP contribution in [0.4, 0.5) is 0 Å². The number of hydrogen-bond donors (Lipinski definition) is 2. The number of carbonyl (C=O) groups excluding carboxylic acids is 2. The molecule has 1 aliphatic heterocycles. The summed E-state index contributed by atoms with van der Waals surface area (Å²) in [5, 5.41) is 4.00. The highest BCUT2D eigenvalue weighted by Crippen LogP contribution is 2.42. The van der Waals surface area contributed by atoms with Crippen molar-refractivity contribution in [1.82, 2.24) is 20.2 Å². The monoisotopic (exact) mass is 424 g/mol. The molecule has 32 heavy (non-hydrogen) atoms. The minimum absolute atomic E-state index is 0.0344. The average Bonchev–Trinajstić information content (AvgIpc) is 3.29. The predicted molar refractivity (Wildman–Crippen MR) is 123 cm³/mol. The first-order valence-electron chi connectivity index (χ1n) is 10.8. The number of nitrogens with zero attached hydrogens (tertiary/aromatic N) is 2. The van der Waals surface area contributed by atoms with Crippen LogP contribution in [0, 0.1) is 6.92 Å². The molecule has 2 amide bonds. The van der Waals surface area contributed by atoms with Gasteiger partial charge in [0.2, 0.25) is 5.91 Å². The Bertz CT molecular complexity index is 1300. The standard InChI is InChI=1S/C26H24N4O2/c1-17-24(21-11-4-5-12-22(21)29-17)25-19-9-2-3-10-20(19)26(32)30(25)15-13-23(31)28-16-18-8-6-7-14-27-18/h2-12,14,25,29H,13,15-16H2,1H3,(H,28,31)/t25-/m1/s1. The summed E-state index contributed by atoms with van der Waals surface area (Å²) >= 11 is 0. The molecule has 6 nitrogen and oxygen atoms in total. The molecule has 2 aromatic carbocycles. The van der Waals surface area contributed by atoms with E-state index in [1.54, 1.807) is 6.20 Å². The molecule has 0 fully saturated rings. The summed E-state index contributed by atoms with van der Waals surface area (Å²) in [5.74, 6) is -0.137. The maximum absolute atomic E-state index is 13.3. The number of hydrogen-bond acceptors (Lipinski definition) is 3. The van der Waals surface area contributed by atoms with Crippen molar-refractivity contribution < 1.29 is 9.59 Å². The summed E-state index contributed by atoms with van der Waals surface area (Å²) in [5.41, 5.74) is 5.66. The molecule has 6 heteroatoms. The van der Waals surface area contributed by atoms with Gasteiger partial charge in [0.15, 0.2) is 0 Å². The molecule has 0 aliphatic carbocycles. The topological polar surface area (TPSA) is 78.1 Å². The second kappa shape index (κ2) is 8.30. The number of benzene rings is 2. The van der Waals surface area contributed by atoms with Gasteiger partial charge < -0.3 is 15.2 Å². The van der Waals surface area contributed by atoms with Crippen molar-refractivity contribution in [2.75, 3.05) is 6.54 Å². The van der Waals surface area contributed by atoms with Crippen LogP contribution < -0.4 is 5.32 Å². The average molecular weight is 425 g/mol. The summed E-state index contributed by atoms with van der Waals surface area (Å²) in [7, 11) is 0. The number of aromatic amines is 1. The molecule has 160 valence electrons. The lowest BCUT2D eigenvalue weighted by Crippen LogP contribution is -2.34. The fraction of sp³-hybridized carbons (Fsp3) is 0.192. The summed E-state index contributed by atoms with van der Waals surface area (Å²) in [6.45, 7) is 2.75.